The molecule has 0 spiro atoms. The molecule has 6 nitrogen and oxygen atoms in total. The van der Waals surface area contributed by atoms with Gasteiger partial charge in [0.25, 0.3) is 0 Å². The lowest BCUT2D eigenvalue weighted by Gasteiger charge is -2.28. The van der Waals surface area contributed by atoms with Gasteiger partial charge in [0.15, 0.2) is 10.7 Å². The number of nitrogens with one attached hydrogen (secondary N) is 1. The molecule has 1 atom stereocenters. The van der Waals surface area contributed by atoms with Crippen LogP contribution in [0.15, 0.2) is 6.20 Å². The van der Waals surface area contributed by atoms with Crippen molar-refractivity contribution in [2.75, 3.05) is 20.1 Å². The number of hydrogen-bond donors (Lipinski definition) is 1. The van der Waals surface area contributed by atoms with Gasteiger partial charge in [-0.1, -0.05) is 19.1 Å². The fourth-order valence-corrected chi connectivity index (χ4v) is 4.62. The highest BCUT2D eigenvalue weighted by Crippen LogP contribution is 2.22. The number of aromatic nitrogens is 2. The van der Waals surface area contributed by atoms with Crippen molar-refractivity contribution < 1.29 is 14.3 Å². The van der Waals surface area contributed by atoms with Gasteiger partial charge in [-0.2, -0.15) is 0 Å². The first-order chi connectivity index (χ1) is 13.4. The van der Waals surface area contributed by atoms with E-state index in [4.69, 9.17) is 4.74 Å². The summed E-state index contributed by atoms with van der Waals surface area (Å²) >= 11 is 1.25. The van der Waals surface area contributed by atoms with Crippen LogP contribution in [0.4, 0.5) is 0 Å². The average Bonchev–Trinajstić information content (AvgIpc) is 3.26. The predicted octanol–water partition coefficient (Wildman–Crippen LogP) is 1.86. The van der Waals surface area contributed by atoms with Crippen LogP contribution in [0.3, 0.4) is 0 Å². The van der Waals surface area contributed by atoms with Crippen molar-refractivity contribution in [2.24, 2.45) is 5.92 Å². The van der Waals surface area contributed by atoms with Gasteiger partial charge in [0.05, 0.1) is 5.56 Å². The molecule has 28 heavy (non-hydrogen) atoms. The summed E-state index contributed by atoms with van der Waals surface area (Å²) in [5.41, 5.74) is 0.878. The smallest absolute Gasteiger partial charge is 0.358 e. The van der Waals surface area contributed by atoms with Crippen molar-refractivity contribution >= 4 is 35.2 Å². The molecule has 1 aliphatic carbocycles. The molecule has 2 aromatic heterocycles. The second-order valence-electron chi connectivity index (χ2n) is 7.77. The van der Waals surface area contributed by atoms with Crippen molar-refractivity contribution in [1.82, 2.24) is 14.9 Å². The van der Waals surface area contributed by atoms with Gasteiger partial charge in [0, 0.05) is 34.7 Å². The number of hydrogen-bond acceptors (Lipinski definition) is 6. The zero-order chi connectivity index (χ0) is 19.8. The fraction of sp³-hybridized carbons (Fsp3) is 0.476. The molecule has 0 bridgehead atoms. The Kier molecular flexibility index (Phi) is 5.21. The molecule has 148 valence electrons. The van der Waals surface area contributed by atoms with Gasteiger partial charge in [0.1, 0.15) is 6.10 Å². The normalized spacial score (nSPS) is 20.2. The Balaban J connectivity index is 1.54. The molecule has 1 unspecified atom stereocenters. The lowest BCUT2D eigenvalue weighted by molar-refractivity contribution is 0.0133. The number of piperidine rings is 1. The lowest BCUT2D eigenvalue weighted by atomic mass is 10.0. The van der Waals surface area contributed by atoms with Gasteiger partial charge >= 0.3 is 5.97 Å². The SMILES string of the molecule is Cc1sc(C(=O)c2c[nH]c3c2=CCC(C)C=3)nc1C(=O)OC1CCN(C)CC1. The second kappa shape index (κ2) is 7.64. The molecule has 1 aliphatic heterocycles. The zero-order valence-electron chi connectivity index (χ0n) is 16.4. The average molecular weight is 400 g/mol. The summed E-state index contributed by atoms with van der Waals surface area (Å²) in [6.07, 6.45) is 8.48. The van der Waals surface area contributed by atoms with Crippen molar-refractivity contribution in [2.45, 2.75) is 39.2 Å². The minimum absolute atomic E-state index is 0.0761. The Morgan fingerprint density at radius 1 is 1.32 bits per heavy atom. The lowest BCUT2D eigenvalue weighted by Crippen LogP contribution is -2.35. The van der Waals surface area contributed by atoms with Crippen LogP contribution in [0.5, 0.6) is 0 Å². The van der Waals surface area contributed by atoms with Crippen molar-refractivity contribution in [3.8, 4) is 0 Å². The third-order valence-corrected chi connectivity index (χ3v) is 6.43. The molecular weight excluding hydrogens is 374 g/mol. The Morgan fingerprint density at radius 3 is 2.82 bits per heavy atom. The van der Waals surface area contributed by atoms with Crippen LogP contribution >= 0.6 is 11.3 Å². The standard InChI is InChI=1S/C21H25N3O3S/c1-12-4-5-15-16(11-22-17(15)10-12)19(25)20-23-18(13(2)28-20)21(26)27-14-6-8-24(3)9-7-14/h5,10-12,14,22H,4,6-9H2,1-3H3. The van der Waals surface area contributed by atoms with Crippen LogP contribution in [-0.2, 0) is 4.74 Å². The van der Waals surface area contributed by atoms with Crippen LogP contribution in [-0.4, -0.2) is 52.9 Å². The molecule has 1 saturated heterocycles. The summed E-state index contributed by atoms with van der Waals surface area (Å²) in [4.78, 5) is 36.1. The van der Waals surface area contributed by atoms with Crippen molar-refractivity contribution in [3.05, 3.63) is 37.9 Å². The number of ketones is 1. The van der Waals surface area contributed by atoms with E-state index < -0.39 is 5.97 Å². The Morgan fingerprint density at radius 2 is 2.07 bits per heavy atom. The number of rotatable bonds is 4. The maximum atomic E-state index is 13.0. The highest BCUT2D eigenvalue weighted by molar-refractivity contribution is 7.14. The number of esters is 1. The molecule has 1 fully saturated rings. The molecular formula is C21H25N3O3S. The summed E-state index contributed by atoms with van der Waals surface area (Å²) in [5, 5.41) is 2.25. The third kappa shape index (κ3) is 3.69. The molecule has 0 amide bonds. The third-order valence-electron chi connectivity index (χ3n) is 5.47. The molecule has 2 aliphatic rings. The minimum Gasteiger partial charge on any atom is -0.458 e. The topological polar surface area (TPSA) is 75.3 Å². The second-order valence-corrected chi connectivity index (χ2v) is 8.98. The fourth-order valence-electron chi connectivity index (χ4n) is 3.76. The first kappa shape index (κ1) is 19.1. The first-order valence-corrected chi connectivity index (χ1v) is 10.5. The maximum Gasteiger partial charge on any atom is 0.358 e. The zero-order valence-corrected chi connectivity index (χ0v) is 17.3. The molecule has 1 N–H and O–H groups in total. The summed E-state index contributed by atoms with van der Waals surface area (Å²) in [7, 11) is 2.07. The molecule has 0 saturated carbocycles. The number of carbonyl (C=O) groups excluding carboxylic acids is 2. The number of carbonyl (C=O) groups is 2. The van der Waals surface area contributed by atoms with Crippen LogP contribution in [0.2, 0.25) is 0 Å². The van der Waals surface area contributed by atoms with Crippen molar-refractivity contribution in [3.63, 3.8) is 0 Å². The predicted molar refractivity (Wildman–Crippen MR) is 109 cm³/mol. The molecule has 3 heterocycles. The van der Waals surface area contributed by atoms with Gasteiger partial charge in [-0.3, -0.25) is 4.79 Å². The number of thiazole rings is 1. The Bertz CT molecular complexity index is 1030. The molecule has 2 aromatic rings. The largest absolute Gasteiger partial charge is 0.458 e. The van der Waals surface area contributed by atoms with Crippen LogP contribution < -0.4 is 10.6 Å². The summed E-state index contributed by atoms with van der Waals surface area (Å²) < 4.78 is 5.64. The summed E-state index contributed by atoms with van der Waals surface area (Å²) in [5.74, 6) is -0.118. The van der Waals surface area contributed by atoms with E-state index in [1.807, 2.05) is 6.92 Å². The van der Waals surface area contributed by atoms with Crippen LogP contribution in [0.1, 0.15) is 56.9 Å². The van der Waals surface area contributed by atoms with E-state index in [0.717, 1.165) is 47.8 Å². The molecule has 4 rings (SSSR count). The number of nitrogens with zero attached hydrogens (tertiary/aromatic N) is 2. The highest BCUT2D eigenvalue weighted by Gasteiger charge is 2.26. The van der Waals surface area contributed by atoms with Gasteiger partial charge in [-0.15, -0.1) is 11.3 Å². The number of ether oxygens (including phenoxy) is 1. The molecule has 7 heteroatoms. The van der Waals surface area contributed by atoms with Crippen molar-refractivity contribution in [1.29, 1.82) is 0 Å². The number of aromatic amines is 1. The van der Waals surface area contributed by atoms with E-state index in [0.29, 0.717) is 16.5 Å². The number of likely N-dealkylation sites (tertiary alicyclic amines) is 1. The van der Waals surface area contributed by atoms with Gasteiger partial charge in [0.2, 0.25) is 5.78 Å². The summed E-state index contributed by atoms with van der Waals surface area (Å²) in [6, 6.07) is 0. The number of H-pyrrole nitrogens is 1. The van der Waals surface area contributed by atoms with E-state index in [9.17, 15) is 9.59 Å². The monoisotopic (exact) mass is 399 g/mol. The first-order valence-electron chi connectivity index (χ1n) is 9.73. The molecule has 0 aromatic carbocycles. The Hall–Kier alpha value is -2.25. The molecule has 0 radical (unpaired) electrons. The van der Waals surface area contributed by atoms with Gasteiger partial charge in [-0.25, -0.2) is 9.78 Å². The van der Waals surface area contributed by atoms with Gasteiger partial charge in [-0.05, 0) is 39.2 Å². The summed E-state index contributed by atoms with van der Waals surface area (Å²) in [6.45, 7) is 5.80. The Labute approximate surface area is 167 Å². The number of fused-ring (bicyclic) bond motifs is 1. The van der Waals surface area contributed by atoms with E-state index in [2.05, 4.69) is 41.0 Å². The van der Waals surface area contributed by atoms with Crippen LogP contribution in [0.25, 0.3) is 12.2 Å². The van der Waals surface area contributed by atoms with E-state index >= 15 is 0 Å². The maximum absolute atomic E-state index is 13.0. The van der Waals surface area contributed by atoms with E-state index in [1.165, 1.54) is 11.3 Å². The van der Waals surface area contributed by atoms with E-state index in [-0.39, 0.29) is 17.6 Å². The quantitative estimate of drug-likeness (QED) is 0.627. The number of aryl methyl sites for hydroxylation is 1. The highest BCUT2D eigenvalue weighted by atomic mass is 32.1. The minimum atomic E-state index is -0.424. The van der Waals surface area contributed by atoms with E-state index in [1.54, 1.807) is 6.20 Å². The van der Waals surface area contributed by atoms with Gasteiger partial charge < -0.3 is 14.6 Å². The van der Waals surface area contributed by atoms with Crippen LogP contribution in [0, 0.1) is 12.8 Å².